The van der Waals surface area contributed by atoms with E-state index in [9.17, 15) is 14.9 Å². The Balaban J connectivity index is 1.35. The monoisotopic (exact) mass is 551 g/mol. The summed E-state index contributed by atoms with van der Waals surface area (Å²) in [5.41, 5.74) is 3.72. The maximum Gasteiger partial charge on any atom is 0.253 e. The number of rotatable bonds is 9. The number of nitrogens with one attached hydrogen (secondary N) is 3. The molecule has 2 fully saturated rings. The molecular weight excluding hydrogens is 518 g/mol. The fourth-order valence-electron chi connectivity index (χ4n) is 4.72. The lowest BCUT2D eigenvalue weighted by atomic mass is 10.1. The van der Waals surface area contributed by atoms with Gasteiger partial charge in [-0.05, 0) is 61.5 Å². The molecule has 0 unspecified atom stereocenters. The summed E-state index contributed by atoms with van der Waals surface area (Å²) in [5.74, 6) is 0.242. The molecule has 11 nitrogen and oxygen atoms in total. The van der Waals surface area contributed by atoms with Crippen molar-refractivity contribution in [3.63, 3.8) is 0 Å². The first-order chi connectivity index (χ1) is 20.0. The smallest absolute Gasteiger partial charge is 0.253 e. The third-order valence-corrected chi connectivity index (χ3v) is 7.32. The predicted octanol–water partition coefficient (Wildman–Crippen LogP) is 3.95. The van der Waals surface area contributed by atoms with Gasteiger partial charge >= 0.3 is 0 Å². The number of piperazine rings is 1. The number of carbonyl (C=O) groups is 2. The summed E-state index contributed by atoms with van der Waals surface area (Å²) in [7, 11) is 0. The molecule has 0 saturated carbocycles. The van der Waals surface area contributed by atoms with E-state index in [0.717, 1.165) is 57.9 Å². The molecule has 3 aromatic rings. The summed E-state index contributed by atoms with van der Waals surface area (Å²) < 4.78 is 0. The lowest BCUT2D eigenvalue weighted by Crippen LogP contribution is -2.46. The van der Waals surface area contributed by atoms with E-state index in [1.54, 1.807) is 24.3 Å². The van der Waals surface area contributed by atoms with Crippen LogP contribution in [0.4, 0.5) is 34.5 Å². The third kappa shape index (κ3) is 6.45. The van der Waals surface area contributed by atoms with Crippen LogP contribution >= 0.6 is 0 Å². The Morgan fingerprint density at radius 2 is 1.78 bits per heavy atom. The summed E-state index contributed by atoms with van der Waals surface area (Å²) in [4.78, 5) is 40.1. The molecule has 0 atom stereocenters. The van der Waals surface area contributed by atoms with Gasteiger partial charge in [0.2, 0.25) is 11.9 Å². The number of hydrogen-bond donors (Lipinski definition) is 3. The summed E-state index contributed by atoms with van der Waals surface area (Å²) in [6.45, 7) is 12.1. The molecule has 210 valence electrons. The maximum atomic E-state index is 12.5. The quantitative estimate of drug-likeness (QED) is 0.339. The van der Waals surface area contributed by atoms with Gasteiger partial charge in [-0.2, -0.15) is 10.2 Å². The van der Waals surface area contributed by atoms with Crippen molar-refractivity contribution in [2.75, 3.05) is 66.7 Å². The Morgan fingerprint density at radius 1 is 1.02 bits per heavy atom. The van der Waals surface area contributed by atoms with Gasteiger partial charge in [-0.25, -0.2) is 4.98 Å². The van der Waals surface area contributed by atoms with Crippen molar-refractivity contribution in [1.82, 2.24) is 19.8 Å². The second-order valence-electron chi connectivity index (χ2n) is 9.89. The van der Waals surface area contributed by atoms with Crippen LogP contribution < -0.4 is 20.9 Å². The number of likely N-dealkylation sites (tertiary alicyclic amines) is 1. The fraction of sp³-hybridized carbons (Fsp3) is 0.300. The molecule has 2 aliphatic rings. The molecule has 3 N–H and O–H groups in total. The molecule has 2 aromatic carbocycles. The van der Waals surface area contributed by atoms with Gasteiger partial charge in [-0.15, -0.1) is 0 Å². The zero-order valence-corrected chi connectivity index (χ0v) is 23.1. The lowest BCUT2D eigenvalue weighted by molar-refractivity contribution is -0.111. The molecule has 0 aliphatic carbocycles. The van der Waals surface area contributed by atoms with Crippen molar-refractivity contribution in [3.05, 3.63) is 72.4 Å². The molecule has 3 heterocycles. The first-order valence-corrected chi connectivity index (χ1v) is 13.7. The highest BCUT2D eigenvalue weighted by molar-refractivity contribution is 6.02. The van der Waals surface area contributed by atoms with Gasteiger partial charge in [0.1, 0.15) is 11.6 Å². The molecule has 0 radical (unpaired) electrons. The summed E-state index contributed by atoms with van der Waals surface area (Å²) in [5, 5.41) is 18.9. The second-order valence-corrected chi connectivity index (χ2v) is 9.89. The fourth-order valence-corrected chi connectivity index (χ4v) is 4.72. The van der Waals surface area contributed by atoms with E-state index in [1.165, 1.54) is 12.3 Å². The van der Waals surface area contributed by atoms with E-state index in [2.05, 4.69) is 55.3 Å². The minimum absolute atomic E-state index is 0.0163. The van der Waals surface area contributed by atoms with Crippen molar-refractivity contribution >= 4 is 46.3 Å². The van der Waals surface area contributed by atoms with Gasteiger partial charge in [0.25, 0.3) is 5.91 Å². The zero-order valence-electron chi connectivity index (χ0n) is 23.1. The standard InChI is InChI=1S/C30H33N9O2/c1-3-27(40)34-26-18-24(38-16-14-37(4-2)15-17-38)10-11-25(26)35-30-32-20-22(19-31)28(36-30)33-23-8-6-21(7-9-23)29(41)39-12-5-13-39/h3,6-11,18,20H,1,4-5,12-17H2,2H3,(H,34,40)(H2,32,33,35,36). The molecule has 41 heavy (non-hydrogen) atoms. The number of benzene rings is 2. The van der Waals surface area contributed by atoms with Crippen molar-refractivity contribution in [2.24, 2.45) is 0 Å². The maximum absolute atomic E-state index is 12.5. The molecule has 0 spiro atoms. The highest BCUT2D eigenvalue weighted by Crippen LogP contribution is 2.31. The average molecular weight is 552 g/mol. The first kappa shape index (κ1) is 27.6. The molecule has 2 aliphatic heterocycles. The minimum atomic E-state index is -0.333. The first-order valence-electron chi connectivity index (χ1n) is 13.7. The molecule has 5 rings (SSSR count). The number of aromatic nitrogens is 2. The Labute approximate surface area is 239 Å². The Kier molecular flexibility index (Phi) is 8.41. The molecule has 1 aromatic heterocycles. The van der Waals surface area contributed by atoms with Crippen LogP contribution in [0.3, 0.4) is 0 Å². The van der Waals surface area contributed by atoms with Gasteiger partial charge in [0.05, 0.1) is 17.6 Å². The Hall–Kier alpha value is -4.95. The molecule has 2 saturated heterocycles. The summed E-state index contributed by atoms with van der Waals surface area (Å²) >= 11 is 0. The Bertz CT molecular complexity index is 1470. The average Bonchev–Trinajstić information content (AvgIpc) is 2.97. The van der Waals surface area contributed by atoms with E-state index in [0.29, 0.717) is 28.4 Å². The predicted molar refractivity (Wildman–Crippen MR) is 160 cm³/mol. The Morgan fingerprint density at radius 3 is 2.41 bits per heavy atom. The van der Waals surface area contributed by atoms with Crippen LogP contribution in [-0.2, 0) is 4.79 Å². The van der Waals surface area contributed by atoms with Crippen molar-refractivity contribution < 1.29 is 9.59 Å². The summed E-state index contributed by atoms with van der Waals surface area (Å²) in [6.07, 6.45) is 3.69. The molecular formula is C30H33N9O2. The van der Waals surface area contributed by atoms with E-state index < -0.39 is 0 Å². The number of nitrogens with zero attached hydrogens (tertiary/aromatic N) is 6. The third-order valence-electron chi connectivity index (χ3n) is 7.32. The van der Waals surface area contributed by atoms with Crippen LogP contribution in [0.5, 0.6) is 0 Å². The van der Waals surface area contributed by atoms with Crippen LogP contribution in [-0.4, -0.2) is 77.4 Å². The number of carbonyl (C=O) groups excluding carboxylic acids is 2. The highest BCUT2D eigenvalue weighted by atomic mass is 16.2. The van der Waals surface area contributed by atoms with Gasteiger partial charge < -0.3 is 30.7 Å². The van der Waals surface area contributed by atoms with Crippen LogP contribution in [0.15, 0.2) is 61.3 Å². The van der Waals surface area contributed by atoms with Gasteiger partial charge in [-0.1, -0.05) is 13.5 Å². The molecule has 0 bridgehead atoms. The van der Waals surface area contributed by atoms with Gasteiger partial charge in [0.15, 0.2) is 5.82 Å². The van der Waals surface area contributed by atoms with Crippen LogP contribution in [0.2, 0.25) is 0 Å². The number of nitriles is 1. The topological polar surface area (TPSA) is 130 Å². The van der Waals surface area contributed by atoms with E-state index in [-0.39, 0.29) is 23.3 Å². The second kappa shape index (κ2) is 12.5. The normalized spacial score (nSPS) is 14.9. The number of likely N-dealkylation sites (N-methyl/N-ethyl adjacent to an activating group) is 1. The van der Waals surface area contributed by atoms with E-state index in [1.807, 2.05) is 23.1 Å². The lowest BCUT2D eigenvalue weighted by Gasteiger charge is -2.35. The van der Waals surface area contributed by atoms with Crippen molar-refractivity contribution in [3.8, 4) is 6.07 Å². The zero-order chi connectivity index (χ0) is 28.8. The number of hydrogen-bond acceptors (Lipinski definition) is 9. The van der Waals surface area contributed by atoms with E-state index >= 15 is 0 Å². The van der Waals surface area contributed by atoms with Gasteiger partial charge in [-0.3, -0.25) is 9.59 Å². The van der Waals surface area contributed by atoms with Gasteiger partial charge in [0, 0.05) is 56.2 Å². The molecule has 2 amide bonds. The SMILES string of the molecule is C=CC(=O)Nc1cc(N2CCN(CC)CC2)ccc1Nc1ncc(C#N)c(Nc2ccc(C(=O)N3CCC3)cc2)n1. The minimum Gasteiger partial charge on any atom is -0.369 e. The highest BCUT2D eigenvalue weighted by Gasteiger charge is 2.21. The van der Waals surface area contributed by atoms with Crippen LogP contribution in [0.25, 0.3) is 0 Å². The number of anilines is 6. The van der Waals surface area contributed by atoms with Crippen LogP contribution in [0, 0.1) is 11.3 Å². The largest absolute Gasteiger partial charge is 0.369 e. The molecule has 11 heteroatoms. The van der Waals surface area contributed by atoms with Crippen molar-refractivity contribution in [1.29, 1.82) is 5.26 Å². The summed E-state index contributed by atoms with van der Waals surface area (Å²) in [6, 6.07) is 15.0. The van der Waals surface area contributed by atoms with E-state index in [4.69, 9.17) is 0 Å². The number of amides is 2. The van der Waals surface area contributed by atoms with Crippen molar-refractivity contribution in [2.45, 2.75) is 13.3 Å². The van der Waals surface area contributed by atoms with Crippen LogP contribution in [0.1, 0.15) is 29.3 Å².